The largest absolute Gasteiger partial charge is 0.349 e. The van der Waals surface area contributed by atoms with Crippen LogP contribution in [0, 0.1) is 11.8 Å². The molecule has 2 aromatic rings. The van der Waals surface area contributed by atoms with Crippen molar-refractivity contribution in [2.75, 3.05) is 13.1 Å². The molecule has 1 heterocycles. The van der Waals surface area contributed by atoms with Crippen LogP contribution >= 0.6 is 0 Å². The van der Waals surface area contributed by atoms with E-state index < -0.39 is 0 Å². The minimum atomic E-state index is -0.0267. The van der Waals surface area contributed by atoms with Gasteiger partial charge in [-0.15, -0.1) is 0 Å². The summed E-state index contributed by atoms with van der Waals surface area (Å²) in [5, 5.41) is 2.87. The summed E-state index contributed by atoms with van der Waals surface area (Å²) >= 11 is 0. The Hall–Kier alpha value is -2.37. The Morgan fingerprint density at radius 2 is 1.74 bits per heavy atom. The first kappa shape index (κ1) is 20.9. The van der Waals surface area contributed by atoms with Crippen LogP contribution in [0.25, 0.3) is 11.0 Å². The van der Waals surface area contributed by atoms with Crippen molar-refractivity contribution >= 4 is 22.8 Å². The first-order chi connectivity index (χ1) is 12.8. The van der Waals surface area contributed by atoms with Crippen LogP contribution in [0.4, 0.5) is 0 Å². The molecule has 2 amide bonds. The highest BCUT2D eigenvalue weighted by atomic mass is 16.2. The zero-order chi connectivity index (χ0) is 20.0. The SMILES string of the molecule is CCC(=O)NCc1nc2ccccc2n1CC(=O)N(CC(C)C)CC(C)C. The molecule has 1 aromatic heterocycles. The first-order valence-electron chi connectivity index (χ1n) is 9.80. The second-order valence-corrected chi connectivity index (χ2v) is 7.82. The molecule has 27 heavy (non-hydrogen) atoms. The molecule has 0 radical (unpaired) electrons. The maximum Gasteiger partial charge on any atom is 0.242 e. The van der Waals surface area contributed by atoms with Gasteiger partial charge in [0.15, 0.2) is 0 Å². The average molecular weight is 373 g/mol. The number of hydrogen-bond acceptors (Lipinski definition) is 3. The van der Waals surface area contributed by atoms with Gasteiger partial charge in [-0.3, -0.25) is 9.59 Å². The zero-order valence-electron chi connectivity index (χ0n) is 17.2. The molecule has 0 atom stereocenters. The fourth-order valence-corrected chi connectivity index (χ4v) is 3.13. The van der Waals surface area contributed by atoms with E-state index in [1.807, 2.05) is 40.7 Å². The van der Waals surface area contributed by atoms with E-state index in [1.165, 1.54) is 0 Å². The highest BCUT2D eigenvalue weighted by Crippen LogP contribution is 2.17. The van der Waals surface area contributed by atoms with Gasteiger partial charge in [0.05, 0.1) is 17.6 Å². The lowest BCUT2D eigenvalue weighted by Gasteiger charge is -2.27. The smallest absolute Gasteiger partial charge is 0.242 e. The van der Waals surface area contributed by atoms with Gasteiger partial charge in [0.25, 0.3) is 0 Å². The lowest BCUT2D eigenvalue weighted by Crippen LogP contribution is -2.39. The summed E-state index contributed by atoms with van der Waals surface area (Å²) in [7, 11) is 0. The Morgan fingerprint density at radius 3 is 2.33 bits per heavy atom. The molecule has 0 aliphatic heterocycles. The van der Waals surface area contributed by atoms with Crippen LogP contribution in [0.5, 0.6) is 0 Å². The van der Waals surface area contributed by atoms with E-state index in [2.05, 4.69) is 38.0 Å². The number of amides is 2. The topological polar surface area (TPSA) is 67.2 Å². The predicted octanol–water partition coefficient (Wildman–Crippen LogP) is 3.20. The van der Waals surface area contributed by atoms with Gasteiger partial charge in [0, 0.05) is 19.5 Å². The fourth-order valence-electron chi connectivity index (χ4n) is 3.13. The van der Waals surface area contributed by atoms with Crippen LogP contribution in [-0.4, -0.2) is 39.4 Å². The Morgan fingerprint density at radius 1 is 1.11 bits per heavy atom. The predicted molar refractivity (Wildman–Crippen MR) is 108 cm³/mol. The number of carbonyl (C=O) groups excluding carboxylic acids is 2. The number of aromatic nitrogens is 2. The lowest BCUT2D eigenvalue weighted by molar-refractivity contribution is -0.132. The van der Waals surface area contributed by atoms with Crippen molar-refractivity contribution in [3.8, 4) is 0 Å². The van der Waals surface area contributed by atoms with E-state index in [9.17, 15) is 9.59 Å². The van der Waals surface area contributed by atoms with Gasteiger partial charge < -0.3 is 14.8 Å². The summed E-state index contributed by atoms with van der Waals surface area (Å²) in [6, 6.07) is 7.77. The zero-order valence-corrected chi connectivity index (χ0v) is 17.2. The number of nitrogens with one attached hydrogen (secondary N) is 1. The van der Waals surface area contributed by atoms with Gasteiger partial charge in [-0.2, -0.15) is 0 Å². The summed E-state index contributed by atoms with van der Waals surface area (Å²) < 4.78 is 1.93. The summed E-state index contributed by atoms with van der Waals surface area (Å²) in [6.45, 7) is 12.4. The van der Waals surface area contributed by atoms with Gasteiger partial charge >= 0.3 is 0 Å². The van der Waals surface area contributed by atoms with Crippen LogP contribution in [0.1, 0.15) is 46.9 Å². The quantitative estimate of drug-likeness (QED) is 0.735. The van der Waals surface area contributed by atoms with Gasteiger partial charge in [0.1, 0.15) is 12.4 Å². The summed E-state index contributed by atoms with van der Waals surface area (Å²) in [5.74, 6) is 1.59. The molecule has 6 nitrogen and oxygen atoms in total. The number of nitrogens with zero attached hydrogens (tertiary/aromatic N) is 3. The summed E-state index contributed by atoms with van der Waals surface area (Å²) in [4.78, 5) is 31.3. The van der Waals surface area contributed by atoms with Crippen molar-refractivity contribution in [2.24, 2.45) is 11.8 Å². The highest BCUT2D eigenvalue weighted by molar-refractivity contribution is 5.81. The molecule has 0 saturated carbocycles. The molecule has 1 aromatic carbocycles. The Balaban J connectivity index is 2.28. The van der Waals surface area contributed by atoms with Gasteiger partial charge in [0.2, 0.25) is 11.8 Å². The summed E-state index contributed by atoms with van der Waals surface area (Å²) in [6.07, 6.45) is 0.426. The van der Waals surface area contributed by atoms with Gasteiger partial charge in [-0.25, -0.2) is 4.98 Å². The molecular formula is C21H32N4O2. The third-order valence-electron chi connectivity index (χ3n) is 4.32. The molecule has 1 N–H and O–H groups in total. The monoisotopic (exact) mass is 372 g/mol. The number of benzene rings is 1. The van der Waals surface area contributed by atoms with E-state index in [-0.39, 0.29) is 18.4 Å². The molecule has 0 fully saturated rings. The van der Waals surface area contributed by atoms with Crippen molar-refractivity contribution < 1.29 is 9.59 Å². The molecule has 148 valence electrons. The van der Waals surface area contributed by atoms with E-state index in [1.54, 1.807) is 0 Å². The number of rotatable bonds is 9. The van der Waals surface area contributed by atoms with E-state index >= 15 is 0 Å². The third kappa shape index (κ3) is 5.81. The van der Waals surface area contributed by atoms with Crippen molar-refractivity contribution in [1.82, 2.24) is 19.8 Å². The summed E-state index contributed by atoms with van der Waals surface area (Å²) in [5.41, 5.74) is 1.76. The van der Waals surface area contributed by atoms with Crippen LogP contribution in [0.3, 0.4) is 0 Å². The number of para-hydroxylation sites is 2. The van der Waals surface area contributed by atoms with Gasteiger partial charge in [-0.1, -0.05) is 46.8 Å². The van der Waals surface area contributed by atoms with E-state index in [0.717, 1.165) is 24.1 Å². The minimum absolute atomic E-state index is 0.0267. The lowest BCUT2D eigenvalue weighted by atomic mass is 10.1. The van der Waals surface area contributed by atoms with Crippen LogP contribution in [0.2, 0.25) is 0 Å². The third-order valence-corrected chi connectivity index (χ3v) is 4.32. The Kier molecular flexibility index (Phi) is 7.39. The standard InChI is InChI=1S/C21H32N4O2/c1-6-20(26)22-11-19-23-17-9-7-8-10-18(17)25(19)14-21(27)24(12-15(2)3)13-16(4)5/h7-10,15-16H,6,11-14H2,1-5H3,(H,22,26). The fraction of sp³-hybridized carbons (Fsp3) is 0.571. The van der Waals surface area contributed by atoms with Crippen molar-refractivity contribution in [2.45, 2.75) is 54.1 Å². The molecular weight excluding hydrogens is 340 g/mol. The second-order valence-electron chi connectivity index (χ2n) is 7.82. The second kappa shape index (κ2) is 9.53. The molecule has 6 heteroatoms. The van der Waals surface area contributed by atoms with E-state index in [0.29, 0.717) is 30.6 Å². The molecule has 0 bridgehead atoms. The molecule has 2 rings (SSSR count). The molecule has 0 aliphatic carbocycles. The van der Waals surface area contributed by atoms with E-state index in [4.69, 9.17) is 0 Å². The number of hydrogen-bond donors (Lipinski definition) is 1. The van der Waals surface area contributed by atoms with Crippen LogP contribution < -0.4 is 5.32 Å². The normalized spacial score (nSPS) is 11.4. The van der Waals surface area contributed by atoms with Gasteiger partial charge in [-0.05, 0) is 24.0 Å². The molecule has 0 unspecified atom stereocenters. The maximum absolute atomic E-state index is 13.1. The molecule has 0 spiro atoms. The number of carbonyl (C=O) groups is 2. The van der Waals surface area contributed by atoms with Crippen LogP contribution in [-0.2, 0) is 22.7 Å². The highest BCUT2D eigenvalue weighted by Gasteiger charge is 2.20. The Bertz CT molecular complexity index is 770. The van der Waals surface area contributed by atoms with Crippen molar-refractivity contribution in [1.29, 1.82) is 0 Å². The van der Waals surface area contributed by atoms with Crippen molar-refractivity contribution in [3.63, 3.8) is 0 Å². The van der Waals surface area contributed by atoms with Crippen LogP contribution in [0.15, 0.2) is 24.3 Å². The molecule has 0 saturated heterocycles. The first-order valence-corrected chi connectivity index (χ1v) is 9.80. The maximum atomic E-state index is 13.1. The molecule has 0 aliphatic rings. The average Bonchev–Trinajstić information content (AvgIpc) is 2.96. The Labute approximate surface area is 161 Å². The number of imidazole rings is 1. The minimum Gasteiger partial charge on any atom is -0.349 e. The van der Waals surface area contributed by atoms with Crippen molar-refractivity contribution in [3.05, 3.63) is 30.1 Å². The number of fused-ring (bicyclic) bond motifs is 1.